The number of aryl methyl sites for hydroxylation is 2. The number of nitrogens with zero attached hydrogens (tertiary/aromatic N) is 4. The molecule has 2 heterocycles. The first-order chi connectivity index (χ1) is 10.5. The van der Waals surface area contributed by atoms with Gasteiger partial charge in [-0.3, -0.25) is 9.48 Å². The molecule has 0 aliphatic rings. The predicted octanol–water partition coefficient (Wildman–Crippen LogP) is 1.08. The minimum atomic E-state index is -0.349. The summed E-state index contributed by atoms with van der Waals surface area (Å²) in [5, 5.41) is 21.2. The first-order valence-corrected chi connectivity index (χ1v) is 7.51. The summed E-state index contributed by atoms with van der Waals surface area (Å²) in [6, 6.07) is 1.43. The number of aromatic hydroxyl groups is 1. The molecule has 0 atom stereocenters. The zero-order valence-electron chi connectivity index (χ0n) is 13.3. The highest BCUT2D eigenvalue weighted by atomic mass is 16.3. The van der Waals surface area contributed by atoms with E-state index in [1.807, 2.05) is 29.4 Å². The Balaban J connectivity index is 1.97. The number of aromatic nitrogens is 4. The molecular formula is C15H23N5O2. The van der Waals surface area contributed by atoms with E-state index in [4.69, 9.17) is 0 Å². The van der Waals surface area contributed by atoms with Gasteiger partial charge in [0.15, 0.2) is 5.75 Å². The van der Waals surface area contributed by atoms with Crippen LogP contribution in [0.1, 0.15) is 36.8 Å². The lowest BCUT2D eigenvalue weighted by Gasteiger charge is -2.13. The van der Waals surface area contributed by atoms with Gasteiger partial charge in [-0.1, -0.05) is 18.6 Å². The molecular weight excluding hydrogens is 282 g/mol. The van der Waals surface area contributed by atoms with E-state index < -0.39 is 0 Å². The summed E-state index contributed by atoms with van der Waals surface area (Å²) < 4.78 is 3.64. The monoisotopic (exact) mass is 305 g/mol. The van der Waals surface area contributed by atoms with Crippen molar-refractivity contribution in [3.63, 3.8) is 0 Å². The standard InChI is InChI=1S/C15H23N5O2/c1-4-5-6-20-10-12(17-18-20)8-16-9-13-15(22)14(21)7-11(2)19(13)3/h7,10,16,22H,4-6,8-9H2,1-3H3. The van der Waals surface area contributed by atoms with Crippen molar-refractivity contribution in [1.82, 2.24) is 24.9 Å². The Hall–Kier alpha value is -2.15. The van der Waals surface area contributed by atoms with Crippen molar-refractivity contribution >= 4 is 0 Å². The smallest absolute Gasteiger partial charge is 0.223 e. The molecule has 0 spiro atoms. The SMILES string of the molecule is CCCCn1cc(CNCc2c(O)c(=O)cc(C)n2C)nn1. The van der Waals surface area contributed by atoms with Crippen molar-refractivity contribution < 1.29 is 5.11 Å². The van der Waals surface area contributed by atoms with Crippen LogP contribution in [0.15, 0.2) is 17.1 Å². The molecule has 2 N–H and O–H groups in total. The van der Waals surface area contributed by atoms with Gasteiger partial charge in [0, 0.05) is 44.6 Å². The van der Waals surface area contributed by atoms with Gasteiger partial charge in [0.05, 0.1) is 11.4 Å². The van der Waals surface area contributed by atoms with Crippen LogP contribution in [-0.4, -0.2) is 24.7 Å². The maximum absolute atomic E-state index is 11.6. The fourth-order valence-corrected chi connectivity index (χ4v) is 2.23. The number of nitrogens with one attached hydrogen (secondary N) is 1. The Labute approximate surface area is 129 Å². The second kappa shape index (κ2) is 7.22. The summed E-state index contributed by atoms with van der Waals surface area (Å²) in [7, 11) is 1.83. The molecule has 0 saturated carbocycles. The first kappa shape index (κ1) is 16.2. The lowest BCUT2D eigenvalue weighted by molar-refractivity contribution is 0.445. The van der Waals surface area contributed by atoms with Crippen molar-refractivity contribution in [2.75, 3.05) is 0 Å². The average Bonchev–Trinajstić information content (AvgIpc) is 2.94. The van der Waals surface area contributed by atoms with Gasteiger partial charge in [0.2, 0.25) is 5.43 Å². The van der Waals surface area contributed by atoms with E-state index >= 15 is 0 Å². The molecule has 0 aliphatic heterocycles. The van der Waals surface area contributed by atoms with Crippen molar-refractivity contribution in [1.29, 1.82) is 0 Å². The van der Waals surface area contributed by atoms with Crippen LogP contribution in [0, 0.1) is 6.92 Å². The van der Waals surface area contributed by atoms with Gasteiger partial charge in [0.1, 0.15) is 0 Å². The van der Waals surface area contributed by atoms with Gasteiger partial charge in [-0.25, -0.2) is 0 Å². The number of rotatable bonds is 7. The van der Waals surface area contributed by atoms with Crippen molar-refractivity contribution in [2.45, 2.75) is 46.3 Å². The van der Waals surface area contributed by atoms with E-state index in [1.54, 1.807) is 0 Å². The number of unbranched alkanes of at least 4 members (excludes halogenated alkanes) is 1. The van der Waals surface area contributed by atoms with Crippen molar-refractivity contribution in [3.05, 3.63) is 39.6 Å². The Morgan fingerprint density at radius 2 is 2.14 bits per heavy atom. The normalized spacial score (nSPS) is 11.0. The van der Waals surface area contributed by atoms with E-state index in [0.29, 0.717) is 18.8 Å². The van der Waals surface area contributed by atoms with Crippen LogP contribution in [0.4, 0.5) is 0 Å². The number of hydrogen-bond donors (Lipinski definition) is 2. The fourth-order valence-electron chi connectivity index (χ4n) is 2.23. The van der Waals surface area contributed by atoms with Crippen LogP contribution in [0.3, 0.4) is 0 Å². The summed E-state index contributed by atoms with van der Waals surface area (Å²) in [4.78, 5) is 11.6. The lowest BCUT2D eigenvalue weighted by Crippen LogP contribution is -2.20. The number of hydrogen-bond acceptors (Lipinski definition) is 5. The molecule has 7 heteroatoms. The topological polar surface area (TPSA) is 85.0 Å². The van der Waals surface area contributed by atoms with Crippen molar-refractivity contribution in [2.24, 2.45) is 7.05 Å². The minimum Gasteiger partial charge on any atom is -0.503 e. The zero-order chi connectivity index (χ0) is 16.1. The summed E-state index contributed by atoms with van der Waals surface area (Å²) in [5.74, 6) is -0.202. The third-order valence-corrected chi connectivity index (χ3v) is 3.71. The third kappa shape index (κ3) is 3.73. The van der Waals surface area contributed by atoms with Crippen LogP contribution in [0.25, 0.3) is 0 Å². The zero-order valence-corrected chi connectivity index (χ0v) is 13.3. The molecule has 0 unspecified atom stereocenters. The van der Waals surface area contributed by atoms with Gasteiger partial charge >= 0.3 is 0 Å². The van der Waals surface area contributed by atoms with Crippen LogP contribution in [0.5, 0.6) is 5.75 Å². The summed E-state index contributed by atoms with van der Waals surface area (Å²) in [6.45, 7) is 5.77. The molecule has 0 bridgehead atoms. The molecule has 0 fully saturated rings. The molecule has 2 rings (SSSR count). The molecule has 0 aromatic carbocycles. The summed E-state index contributed by atoms with van der Waals surface area (Å²) >= 11 is 0. The van der Waals surface area contributed by atoms with Crippen LogP contribution in [0.2, 0.25) is 0 Å². The second-order valence-electron chi connectivity index (χ2n) is 5.43. The average molecular weight is 305 g/mol. The molecule has 7 nitrogen and oxygen atoms in total. The molecule has 0 radical (unpaired) electrons. The molecule has 0 amide bonds. The van der Waals surface area contributed by atoms with E-state index in [1.165, 1.54) is 6.07 Å². The fraction of sp³-hybridized carbons (Fsp3) is 0.533. The Morgan fingerprint density at radius 1 is 1.36 bits per heavy atom. The van der Waals surface area contributed by atoms with Crippen LogP contribution in [-0.2, 0) is 26.7 Å². The minimum absolute atomic E-state index is 0.202. The first-order valence-electron chi connectivity index (χ1n) is 7.51. The summed E-state index contributed by atoms with van der Waals surface area (Å²) in [5.41, 5.74) is 1.87. The Bertz CT molecular complexity index is 690. The van der Waals surface area contributed by atoms with Crippen molar-refractivity contribution in [3.8, 4) is 5.75 Å². The highest BCUT2D eigenvalue weighted by Crippen LogP contribution is 2.12. The molecule has 120 valence electrons. The Kier molecular flexibility index (Phi) is 5.32. The maximum atomic E-state index is 11.6. The quantitative estimate of drug-likeness (QED) is 0.799. The largest absolute Gasteiger partial charge is 0.503 e. The summed E-state index contributed by atoms with van der Waals surface area (Å²) in [6.07, 6.45) is 4.11. The van der Waals surface area contributed by atoms with Crippen LogP contribution < -0.4 is 10.7 Å². The van der Waals surface area contributed by atoms with Gasteiger partial charge in [-0.2, -0.15) is 0 Å². The van der Waals surface area contributed by atoms with Crippen LogP contribution >= 0.6 is 0 Å². The molecule has 0 saturated heterocycles. The maximum Gasteiger partial charge on any atom is 0.223 e. The van der Waals surface area contributed by atoms with Gasteiger partial charge in [-0.15, -0.1) is 5.10 Å². The van der Waals surface area contributed by atoms with Gasteiger partial charge in [-0.05, 0) is 13.3 Å². The molecule has 22 heavy (non-hydrogen) atoms. The van der Waals surface area contributed by atoms with E-state index in [-0.39, 0.29) is 11.2 Å². The molecule has 2 aromatic rings. The van der Waals surface area contributed by atoms with E-state index in [9.17, 15) is 9.90 Å². The predicted molar refractivity (Wildman–Crippen MR) is 83.6 cm³/mol. The molecule has 0 aliphatic carbocycles. The van der Waals surface area contributed by atoms with E-state index in [2.05, 4.69) is 22.6 Å². The molecule has 2 aromatic heterocycles. The van der Waals surface area contributed by atoms with E-state index in [0.717, 1.165) is 30.8 Å². The highest BCUT2D eigenvalue weighted by molar-refractivity contribution is 5.29. The Morgan fingerprint density at radius 3 is 2.86 bits per heavy atom. The second-order valence-corrected chi connectivity index (χ2v) is 5.43. The highest BCUT2D eigenvalue weighted by Gasteiger charge is 2.10. The van der Waals surface area contributed by atoms with Gasteiger partial charge in [0.25, 0.3) is 0 Å². The van der Waals surface area contributed by atoms with Gasteiger partial charge < -0.3 is 15.0 Å². The third-order valence-electron chi connectivity index (χ3n) is 3.71. The number of pyridine rings is 1. The lowest BCUT2D eigenvalue weighted by atomic mass is 10.2.